The van der Waals surface area contributed by atoms with E-state index in [0.717, 1.165) is 23.1 Å². The van der Waals surface area contributed by atoms with Gasteiger partial charge in [-0.25, -0.2) is 4.39 Å². The molecular formula is C26H22ClFN2O2. The van der Waals surface area contributed by atoms with E-state index >= 15 is 0 Å². The molecule has 0 spiro atoms. The molecule has 2 amide bonds. The maximum absolute atomic E-state index is 13.6. The number of aryl methyl sites for hydroxylation is 1. The Kier molecular flexibility index (Phi) is 5.01. The van der Waals surface area contributed by atoms with Crippen LogP contribution in [0.25, 0.3) is 0 Å². The van der Waals surface area contributed by atoms with Gasteiger partial charge in [-0.3, -0.25) is 9.59 Å². The van der Waals surface area contributed by atoms with Gasteiger partial charge < -0.3 is 9.80 Å². The molecule has 0 aromatic heterocycles. The van der Waals surface area contributed by atoms with Crippen molar-refractivity contribution in [1.82, 2.24) is 9.80 Å². The SMILES string of the molecule is CCc1ccc2c(c1)CC1(c3ccc(Cl)cc3)N(C(=O)c3ccc(F)cc3)CCN1C2=O. The van der Waals surface area contributed by atoms with Crippen molar-refractivity contribution in [2.45, 2.75) is 25.4 Å². The second-order valence-corrected chi connectivity index (χ2v) is 8.70. The van der Waals surface area contributed by atoms with E-state index in [1.54, 1.807) is 21.9 Å². The van der Waals surface area contributed by atoms with Crippen molar-refractivity contribution in [2.24, 2.45) is 0 Å². The number of nitrogens with zero attached hydrogens (tertiary/aromatic N) is 2. The molecule has 32 heavy (non-hydrogen) atoms. The summed E-state index contributed by atoms with van der Waals surface area (Å²) in [6, 6.07) is 18.8. The molecule has 2 aliphatic rings. The Morgan fingerprint density at radius 1 is 1.03 bits per heavy atom. The van der Waals surface area contributed by atoms with E-state index in [1.165, 1.54) is 24.3 Å². The van der Waals surface area contributed by atoms with Crippen LogP contribution in [0, 0.1) is 5.82 Å². The van der Waals surface area contributed by atoms with Gasteiger partial charge >= 0.3 is 0 Å². The maximum atomic E-state index is 13.6. The fourth-order valence-corrected chi connectivity index (χ4v) is 5.08. The number of hydrogen-bond donors (Lipinski definition) is 0. The Hall–Kier alpha value is -3.18. The largest absolute Gasteiger partial charge is 0.309 e. The number of rotatable bonds is 3. The molecule has 0 bridgehead atoms. The standard InChI is InChI=1S/C26H22ClFN2O2/c1-2-17-3-12-23-19(15-17)16-26(20-6-8-21(27)9-7-20)29(13-14-30(26)25(23)32)24(31)18-4-10-22(28)11-5-18/h3-12,15H,2,13-14,16H2,1H3. The number of fused-ring (bicyclic) bond motifs is 2. The first-order valence-corrected chi connectivity index (χ1v) is 11.1. The molecular weight excluding hydrogens is 427 g/mol. The minimum atomic E-state index is -0.966. The van der Waals surface area contributed by atoms with Crippen LogP contribution in [0.2, 0.25) is 5.02 Å². The molecule has 162 valence electrons. The third-order valence-corrected chi connectivity index (χ3v) is 6.83. The van der Waals surface area contributed by atoms with Crippen molar-refractivity contribution in [1.29, 1.82) is 0 Å². The summed E-state index contributed by atoms with van der Waals surface area (Å²) in [5.41, 5.74) is 3.01. The lowest BCUT2D eigenvalue weighted by molar-refractivity contribution is 0.00772. The van der Waals surface area contributed by atoms with E-state index in [4.69, 9.17) is 11.6 Å². The minimum absolute atomic E-state index is 0.0849. The first-order chi connectivity index (χ1) is 15.4. The number of hydrogen-bond acceptors (Lipinski definition) is 2. The van der Waals surface area contributed by atoms with Crippen molar-refractivity contribution in [3.8, 4) is 0 Å². The van der Waals surface area contributed by atoms with Crippen molar-refractivity contribution < 1.29 is 14.0 Å². The third kappa shape index (κ3) is 3.11. The molecule has 3 aromatic carbocycles. The van der Waals surface area contributed by atoms with E-state index in [-0.39, 0.29) is 11.8 Å². The molecule has 2 aliphatic heterocycles. The summed E-state index contributed by atoms with van der Waals surface area (Å²) in [6.07, 6.45) is 1.34. The van der Waals surface area contributed by atoms with E-state index in [1.807, 2.05) is 24.3 Å². The monoisotopic (exact) mass is 448 g/mol. The molecule has 1 saturated heterocycles. The number of amides is 2. The quantitative estimate of drug-likeness (QED) is 0.562. The molecule has 1 fully saturated rings. The first kappa shape index (κ1) is 20.7. The summed E-state index contributed by atoms with van der Waals surface area (Å²) in [7, 11) is 0. The van der Waals surface area contributed by atoms with Crippen molar-refractivity contribution in [3.63, 3.8) is 0 Å². The molecule has 1 atom stereocenters. The Bertz CT molecular complexity index is 1210. The smallest absolute Gasteiger partial charge is 0.256 e. The zero-order valence-electron chi connectivity index (χ0n) is 17.6. The van der Waals surface area contributed by atoms with Crippen molar-refractivity contribution in [2.75, 3.05) is 13.1 Å². The normalized spacial score (nSPS) is 19.7. The van der Waals surface area contributed by atoms with Gasteiger partial charge in [0.15, 0.2) is 0 Å². The number of carbonyl (C=O) groups excluding carboxylic acids is 2. The van der Waals surface area contributed by atoms with E-state index in [9.17, 15) is 14.0 Å². The van der Waals surface area contributed by atoms with Gasteiger partial charge in [0.25, 0.3) is 11.8 Å². The average Bonchev–Trinajstić information content (AvgIpc) is 3.19. The first-order valence-electron chi connectivity index (χ1n) is 10.7. The van der Waals surface area contributed by atoms with Crippen LogP contribution in [0.15, 0.2) is 66.7 Å². The van der Waals surface area contributed by atoms with Gasteiger partial charge in [-0.05, 0) is 65.6 Å². The van der Waals surface area contributed by atoms with Crippen LogP contribution < -0.4 is 0 Å². The highest BCUT2D eigenvalue weighted by Crippen LogP contribution is 2.45. The van der Waals surface area contributed by atoms with Crippen LogP contribution in [0.4, 0.5) is 4.39 Å². The fraction of sp³-hybridized carbons (Fsp3) is 0.231. The van der Waals surface area contributed by atoms with E-state index in [0.29, 0.717) is 35.7 Å². The van der Waals surface area contributed by atoms with Crippen LogP contribution in [-0.4, -0.2) is 34.7 Å². The van der Waals surface area contributed by atoms with Crippen LogP contribution in [-0.2, 0) is 18.5 Å². The number of carbonyl (C=O) groups is 2. The molecule has 0 N–H and O–H groups in total. The molecule has 0 saturated carbocycles. The molecule has 0 radical (unpaired) electrons. The van der Waals surface area contributed by atoms with Crippen LogP contribution >= 0.6 is 11.6 Å². The van der Waals surface area contributed by atoms with Crippen LogP contribution in [0.3, 0.4) is 0 Å². The lowest BCUT2D eigenvalue weighted by atomic mass is 9.82. The lowest BCUT2D eigenvalue weighted by Crippen LogP contribution is -2.58. The average molecular weight is 449 g/mol. The summed E-state index contributed by atoms with van der Waals surface area (Å²) in [4.78, 5) is 30.8. The molecule has 0 aliphatic carbocycles. The summed E-state index contributed by atoms with van der Waals surface area (Å²) in [6.45, 7) is 2.89. The van der Waals surface area contributed by atoms with Gasteiger partial charge in [0.1, 0.15) is 11.5 Å². The lowest BCUT2D eigenvalue weighted by Gasteiger charge is -2.47. The summed E-state index contributed by atoms with van der Waals surface area (Å²) in [5, 5.41) is 0.585. The van der Waals surface area contributed by atoms with Gasteiger partial charge in [-0.15, -0.1) is 0 Å². The molecule has 5 rings (SSSR count). The Morgan fingerprint density at radius 2 is 1.75 bits per heavy atom. The number of halogens is 2. The van der Waals surface area contributed by atoms with Gasteiger partial charge in [-0.1, -0.05) is 42.8 Å². The Morgan fingerprint density at radius 3 is 2.44 bits per heavy atom. The van der Waals surface area contributed by atoms with Crippen molar-refractivity contribution in [3.05, 3.63) is 105 Å². The van der Waals surface area contributed by atoms with Gasteiger partial charge in [-0.2, -0.15) is 0 Å². The molecule has 6 heteroatoms. The van der Waals surface area contributed by atoms with Crippen LogP contribution in [0.1, 0.15) is 44.3 Å². The summed E-state index contributed by atoms with van der Waals surface area (Å²) < 4.78 is 13.5. The van der Waals surface area contributed by atoms with Crippen LogP contribution in [0.5, 0.6) is 0 Å². The topological polar surface area (TPSA) is 40.6 Å². The third-order valence-electron chi connectivity index (χ3n) is 6.57. The van der Waals surface area contributed by atoms with E-state index in [2.05, 4.69) is 13.0 Å². The molecule has 4 nitrogen and oxygen atoms in total. The van der Waals surface area contributed by atoms with Crippen molar-refractivity contribution >= 4 is 23.4 Å². The number of benzene rings is 3. The highest BCUT2D eigenvalue weighted by Gasteiger charge is 2.55. The second kappa shape index (κ2) is 7.75. The maximum Gasteiger partial charge on any atom is 0.256 e. The highest BCUT2D eigenvalue weighted by atomic mass is 35.5. The zero-order chi connectivity index (χ0) is 22.5. The van der Waals surface area contributed by atoms with Gasteiger partial charge in [0, 0.05) is 35.7 Å². The predicted molar refractivity (Wildman–Crippen MR) is 121 cm³/mol. The highest BCUT2D eigenvalue weighted by molar-refractivity contribution is 6.30. The predicted octanol–water partition coefficient (Wildman–Crippen LogP) is 5.05. The zero-order valence-corrected chi connectivity index (χ0v) is 18.4. The second-order valence-electron chi connectivity index (χ2n) is 8.27. The molecule has 1 unspecified atom stereocenters. The Labute approximate surface area is 191 Å². The molecule has 3 aromatic rings. The van der Waals surface area contributed by atoms with E-state index < -0.39 is 11.5 Å². The summed E-state index contributed by atoms with van der Waals surface area (Å²) in [5.74, 6) is -0.713. The van der Waals surface area contributed by atoms with Gasteiger partial charge in [0.05, 0.1) is 0 Å². The summed E-state index contributed by atoms with van der Waals surface area (Å²) >= 11 is 6.15. The minimum Gasteiger partial charge on any atom is -0.309 e. The fourth-order valence-electron chi connectivity index (χ4n) is 4.96. The van der Waals surface area contributed by atoms with Gasteiger partial charge in [0.2, 0.25) is 0 Å². The Balaban J connectivity index is 1.69. The molecule has 2 heterocycles.